The quantitative estimate of drug-likeness (QED) is 0.633. The van der Waals surface area contributed by atoms with Gasteiger partial charge in [0.15, 0.2) is 0 Å². The zero-order chi connectivity index (χ0) is 15.8. The van der Waals surface area contributed by atoms with Crippen LogP contribution in [0.15, 0.2) is 18.2 Å². The van der Waals surface area contributed by atoms with Crippen molar-refractivity contribution in [3.63, 3.8) is 0 Å². The molecular weight excluding hydrogens is 308 g/mol. The van der Waals surface area contributed by atoms with Crippen molar-refractivity contribution in [2.24, 2.45) is 0 Å². The zero-order valence-electron chi connectivity index (χ0n) is 11.0. The van der Waals surface area contributed by atoms with Crippen LogP contribution in [0.1, 0.15) is 46.3 Å². The van der Waals surface area contributed by atoms with Gasteiger partial charge in [0.1, 0.15) is 10.7 Å². The first-order chi connectivity index (χ1) is 9.71. The molecule has 0 aliphatic heterocycles. The summed E-state index contributed by atoms with van der Waals surface area (Å²) in [6.45, 7) is 3.58. The van der Waals surface area contributed by atoms with E-state index in [0.717, 1.165) is 17.6 Å². The van der Waals surface area contributed by atoms with Crippen LogP contribution < -0.4 is 0 Å². The summed E-state index contributed by atoms with van der Waals surface area (Å²) in [4.78, 5) is 12.4. The van der Waals surface area contributed by atoms with Gasteiger partial charge in [-0.05, 0) is 35.6 Å². The minimum atomic E-state index is -4.85. The third kappa shape index (κ3) is 3.10. The molecule has 0 amide bonds. The molecule has 0 atom stereocenters. The van der Waals surface area contributed by atoms with Crippen LogP contribution in [-0.2, 0) is 6.18 Å². The first-order valence-corrected chi connectivity index (χ1v) is 6.73. The molecule has 21 heavy (non-hydrogen) atoms. The molecule has 0 unspecified atom stereocenters. The maximum Gasteiger partial charge on any atom is 0.419 e. The van der Waals surface area contributed by atoms with E-state index in [0.29, 0.717) is 17.8 Å². The topological polar surface area (TPSA) is 42.9 Å². The Kier molecular flexibility index (Phi) is 4.08. The number of carbonyl (C=O) groups is 1. The maximum absolute atomic E-state index is 13.2. The van der Waals surface area contributed by atoms with E-state index in [-0.39, 0.29) is 16.4 Å². The fourth-order valence-electron chi connectivity index (χ4n) is 1.75. The van der Waals surface area contributed by atoms with Crippen molar-refractivity contribution < 1.29 is 22.4 Å². The molecule has 8 heteroatoms. The van der Waals surface area contributed by atoms with Gasteiger partial charge in [-0.15, -0.1) is 5.10 Å². The van der Waals surface area contributed by atoms with Crippen molar-refractivity contribution in [2.45, 2.75) is 25.9 Å². The molecule has 0 fully saturated rings. The molecule has 2 rings (SSSR count). The van der Waals surface area contributed by atoms with Crippen LogP contribution in [0, 0.1) is 5.82 Å². The Bertz CT molecular complexity index is 679. The number of alkyl halides is 3. The molecule has 0 aliphatic rings. The number of nitrogens with zero attached hydrogens (tertiary/aromatic N) is 2. The molecule has 0 radical (unpaired) electrons. The highest BCUT2D eigenvalue weighted by Gasteiger charge is 2.35. The molecule has 0 bridgehead atoms. The number of ketones is 1. The number of rotatable bonds is 3. The Labute approximate surface area is 121 Å². The van der Waals surface area contributed by atoms with E-state index in [2.05, 4.69) is 9.59 Å². The van der Waals surface area contributed by atoms with E-state index in [4.69, 9.17) is 0 Å². The van der Waals surface area contributed by atoms with Crippen molar-refractivity contribution >= 4 is 17.3 Å². The maximum atomic E-state index is 13.2. The summed E-state index contributed by atoms with van der Waals surface area (Å²) >= 11 is 0.813. The molecule has 0 saturated heterocycles. The lowest BCUT2D eigenvalue weighted by molar-refractivity contribution is -0.140. The highest BCUT2D eigenvalue weighted by atomic mass is 32.1. The first-order valence-electron chi connectivity index (χ1n) is 5.95. The van der Waals surface area contributed by atoms with Gasteiger partial charge in [0.2, 0.25) is 5.78 Å². The van der Waals surface area contributed by atoms with Gasteiger partial charge in [0.05, 0.1) is 11.3 Å². The predicted molar refractivity (Wildman–Crippen MR) is 68.8 cm³/mol. The number of hydrogen-bond acceptors (Lipinski definition) is 4. The lowest BCUT2D eigenvalue weighted by Crippen LogP contribution is -2.11. The van der Waals surface area contributed by atoms with Crippen LogP contribution in [0.25, 0.3) is 0 Å². The molecule has 112 valence electrons. The van der Waals surface area contributed by atoms with E-state index in [1.807, 2.05) is 0 Å². The van der Waals surface area contributed by atoms with Gasteiger partial charge in [-0.1, -0.05) is 18.3 Å². The third-order valence-corrected chi connectivity index (χ3v) is 3.54. The minimum Gasteiger partial charge on any atom is -0.288 e. The minimum absolute atomic E-state index is 0.0924. The zero-order valence-corrected chi connectivity index (χ0v) is 11.8. The van der Waals surface area contributed by atoms with Crippen molar-refractivity contribution in [2.75, 3.05) is 0 Å². The second-order valence-corrected chi connectivity index (χ2v) is 5.42. The van der Waals surface area contributed by atoms with Crippen LogP contribution in [-0.4, -0.2) is 15.4 Å². The lowest BCUT2D eigenvalue weighted by atomic mass is 10.0. The van der Waals surface area contributed by atoms with Crippen LogP contribution >= 0.6 is 11.5 Å². The van der Waals surface area contributed by atoms with Crippen LogP contribution in [0.5, 0.6) is 0 Å². The van der Waals surface area contributed by atoms with Crippen molar-refractivity contribution in [1.29, 1.82) is 0 Å². The lowest BCUT2D eigenvalue weighted by Gasteiger charge is -2.09. The number of halogens is 4. The summed E-state index contributed by atoms with van der Waals surface area (Å²) in [5.74, 6) is -2.14. The van der Waals surface area contributed by atoms with E-state index < -0.39 is 23.3 Å². The molecule has 0 aliphatic carbocycles. The smallest absolute Gasteiger partial charge is 0.288 e. The third-order valence-electron chi connectivity index (χ3n) is 2.80. The van der Waals surface area contributed by atoms with Gasteiger partial charge in [-0.2, -0.15) is 13.2 Å². The van der Waals surface area contributed by atoms with Crippen LogP contribution in [0.3, 0.4) is 0 Å². The largest absolute Gasteiger partial charge is 0.419 e. The molecule has 3 nitrogen and oxygen atoms in total. The normalized spacial score (nSPS) is 12.0. The monoisotopic (exact) mass is 318 g/mol. The SMILES string of the molecule is CC(C)c1nnsc1C(=O)c1ccc(F)c(C(F)(F)F)c1. The van der Waals surface area contributed by atoms with E-state index >= 15 is 0 Å². The highest BCUT2D eigenvalue weighted by Crippen LogP contribution is 2.33. The standard InChI is InChI=1S/C13H10F4N2OS/c1-6(2)10-12(21-19-18-10)11(20)7-3-4-9(14)8(5-7)13(15,16)17/h3-6H,1-2H3. The van der Waals surface area contributed by atoms with Gasteiger partial charge >= 0.3 is 6.18 Å². The summed E-state index contributed by atoms with van der Waals surface area (Å²) in [6, 6.07) is 2.18. The van der Waals surface area contributed by atoms with Crippen molar-refractivity contribution in [3.05, 3.63) is 45.7 Å². The summed E-state index contributed by atoms with van der Waals surface area (Å²) in [7, 11) is 0. The predicted octanol–water partition coefficient (Wildman–Crippen LogP) is 4.05. The number of carbonyl (C=O) groups excluding carboxylic acids is 1. The molecule has 1 aromatic heterocycles. The number of hydrogen-bond donors (Lipinski definition) is 0. The molecule has 2 aromatic rings. The second kappa shape index (κ2) is 5.51. The molecule has 0 spiro atoms. The van der Waals surface area contributed by atoms with Crippen molar-refractivity contribution in [1.82, 2.24) is 9.59 Å². The Hall–Kier alpha value is -1.83. The van der Waals surface area contributed by atoms with E-state index in [1.165, 1.54) is 0 Å². The fraction of sp³-hybridized carbons (Fsp3) is 0.308. The molecule has 1 heterocycles. The average Bonchev–Trinajstić information content (AvgIpc) is 2.86. The van der Waals surface area contributed by atoms with Crippen LogP contribution in [0.2, 0.25) is 0 Å². The number of aromatic nitrogens is 2. The average molecular weight is 318 g/mol. The van der Waals surface area contributed by atoms with Crippen LogP contribution in [0.4, 0.5) is 17.6 Å². The summed E-state index contributed by atoms with van der Waals surface area (Å²) in [5, 5.41) is 3.80. The molecule has 0 N–H and O–H groups in total. The second-order valence-electron chi connectivity index (χ2n) is 4.66. The molecule has 1 aromatic carbocycles. The van der Waals surface area contributed by atoms with Gasteiger partial charge in [0.25, 0.3) is 0 Å². The summed E-state index contributed by atoms with van der Waals surface area (Å²) in [6.07, 6.45) is -4.85. The van der Waals surface area contributed by atoms with E-state index in [9.17, 15) is 22.4 Å². The van der Waals surface area contributed by atoms with E-state index in [1.54, 1.807) is 13.8 Å². The fourth-order valence-corrected chi connectivity index (χ4v) is 2.53. The Morgan fingerprint density at radius 3 is 2.52 bits per heavy atom. The Morgan fingerprint density at radius 2 is 1.95 bits per heavy atom. The number of benzene rings is 1. The molecular formula is C13H10F4N2OS. The van der Waals surface area contributed by atoms with Gasteiger partial charge in [-0.3, -0.25) is 4.79 Å². The highest BCUT2D eigenvalue weighted by molar-refractivity contribution is 7.08. The Morgan fingerprint density at radius 1 is 1.29 bits per heavy atom. The first kappa shape index (κ1) is 15.6. The summed E-state index contributed by atoms with van der Waals surface area (Å²) < 4.78 is 54.9. The van der Waals surface area contributed by atoms with Crippen molar-refractivity contribution in [3.8, 4) is 0 Å². The summed E-state index contributed by atoms with van der Waals surface area (Å²) in [5.41, 5.74) is -1.28. The molecule has 0 saturated carbocycles. The van der Waals surface area contributed by atoms with Gasteiger partial charge < -0.3 is 0 Å². The van der Waals surface area contributed by atoms with Gasteiger partial charge in [-0.25, -0.2) is 4.39 Å². The van der Waals surface area contributed by atoms with Gasteiger partial charge in [0, 0.05) is 5.56 Å². The Balaban J connectivity index is 2.47.